The molecule has 0 bridgehead atoms. The molecule has 208 valence electrons. The van der Waals surface area contributed by atoms with E-state index in [1.54, 1.807) is 24.3 Å². The topological polar surface area (TPSA) is 66.5 Å². The normalized spacial score (nSPS) is 15.6. The van der Waals surface area contributed by atoms with E-state index in [0.29, 0.717) is 12.5 Å². The predicted octanol–water partition coefficient (Wildman–Crippen LogP) is 6.32. The van der Waals surface area contributed by atoms with Crippen LogP contribution in [0.5, 0.6) is 0 Å². The zero-order chi connectivity index (χ0) is 28.3. The molecule has 1 amide bonds. The third-order valence-electron chi connectivity index (χ3n) is 7.72. The molecule has 1 atom stereocenters. The van der Waals surface area contributed by atoms with Crippen molar-refractivity contribution in [2.45, 2.75) is 82.6 Å². The highest BCUT2D eigenvalue weighted by Crippen LogP contribution is 2.37. The molecular weight excluding hydrogens is 504 g/mol. The van der Waals surface area contributed by atoms with Crippen LogP contribution in [0.25, 0.3) is 0 Å². The summed E-state index contributed by atoms with van der Waals surface area (Å²) < 4.78 is 28.4. The van der Waals surface area contributed by atoms with E-state index in [2.05, 4.69) is 68.8 Å². The molecule has 0 spiro atoms. The number of aryl methyl sites for hydroxylation is 1. The average Bonchev–Trinajstić information content (AvgIpc) is 2.87. The van der Waals surface area contributed by atoms with E-state index in [0.717, 1.165) is 41.5 Å². The number of carbonyl (C=O) groups is 1. The Morgan fingerprint density at radius 3 is 2.08 bits per heavy atom. The lowest BCUT2D eigenvalue weighted by Crippen LogP contribution is -2.32. The van der Waals surface area contributed by atoms with Crippen LogP contribution in [0.4, 0.5) is 0 Å². The fourth-order valence-electron chi connectivity index (χ4n) is 5.74. The van der Waals surface area contributed by atoms with Crippen LogP contribution in [0.15, 0.2) is 65.6 Å². The maximum Gasteiger partial charge on any atom is 0.264 e. The van der Waals surface area contributed by atoms with Gasteiger partial charge in [-0.2, -0.15) is 0 Å². The molecule has 6 heteroatoms. The van der Waals surface area contributed by atoms with Crippen molar-refractivity contribution in [3.63, 3.8) is 0 Å². The second kappa shape index (κ2) is 12.1. The number of rotatable bonds is 9. The van der Waals surface area contributed by atoms with Gasteiger partial charge in [0.25, 0.3) is 10.0 Å². The standard InChI is InChI=1S/C33H42N2O3S/c1-22(2)30-18-28(27-14-13-25-9-7-8-10-26(25)17-27)19-31(23(3)4)32(30)20-33(36)34-39(37,38)29-15-11-24(12-16-29)21-35(5)6/h7-12,15-16,18-19,22-23,27H,13-14,17,20-21H2,1-6H3,(H,34,36). The van der Waals surface area contributed by atoms with Gasteiger partial charge in [-0.3, -0.25) is 4.79 Å². The highest BCUT2D eigenvalue weighted by molar-refractivity contribution is 7.90. The van der Waals surface area contributed by atoms with Crippen molar-refractivity contribution < 1.29 is 13.2 Å². The minimum absolute atomic E-state index is 0.0345. The van der Waals surface area contributed by atoms with E-state index in [1.165, 1.54) is 16.7 Å². The quantitative estimate of drug-likeness (QED) is 0.341. The SMILES string of the molecule is CC(C)c1cc(C2CCc3ccccc3C2)cc(C(C)C)c1CC(=O)NS(=O)(=O)c1ccc(CN(C)C)cc1. The second-order valence-corrected chi connectivity index (χ2v) is 13.5. The second-order valence-electron chi connectivity index (χ2n) is 11.8. The Kier molecular flexibility index (Phi) is 8.97. The Bertz CT molecular complexity index is 1390. The lowest BCUT2D eigenvalue weighted by molar-refractivity contribution is -0.118. The van der Waals surface area contributed by atoms with Gasteiger partial charge in [0.15, 0.2) is 0 Å². The lowest BCUT2D eigenvalue weighted by atomic mass is 9.77. The van der Waals surface area contributed by atoms with E-state index in [1.807, 2.05) is 19.0 Å². The van der Waals surface area contributed by atoms with Gasteiger partial charge in [-0.25, -0.2) is 13.1 Å². The first-order valence-electron chi connectivity index (χ1n) is 14.0. The van der Waals surface area contributed by atoms with Crippen molar-refractivity contribution in [1.29, 1.82) is 0 Å². The summed E-state index contributed by atoms with van der Waals surface area (Å²) in [6.45, 7) is 9.30. The van der Waals surface area contributed by atoms with E-state index in [9.17, 15) is 13.2 Å². The van der Waals surface area contributed by atoms with Crippen molar-refractivity contribution in [2.75, 3.05) is 14.1 Å². The molecule has 0 heterocycles. The van der Waals surface area contributed by atoms with Crippen LogP contribution in [0, 0.1) is 0 Å². The summed E-state index contributed by atoms with van der Waals surface area (Å²) in [6, 6.07) is 20.0. The fourth-order valence-corrected chi connectivity index (χ4v) is 6.72. The zero-order valence-electron chi connectivity index (χ0n) is 24.1. The molecule has 0 fully saturated rings. The van der Waals surface area contributed by atoms with Gasteiger partial charge in [-0.05, 0) is 102 Å². The molecule has 0 saturated heterocycles. The number of benzene rings is 3. The van der Waals surface area contributed by atoms with Gasteiger partial charge >= 0.3 is 0 Å². The summed E-state index contributed by atoms with van der Waals surface area (Å²) in [7, 11) is -0.0364. The number of carbonyl (C=O) groups excluding carboxylic acids is 1. The van der Waals surface area contributed by atoms with Crippen molar-refractivity contribution >= 4 is 15.9 Å². The van der Waals surface area contributed by atoms with Gasteiger partial charge in [-0.15, -0.1) is 0 Å². The van der Waals surface area contributed by atoms with Crippen molar-refractivity contribution in [2.24, 2.45) is 0 Å². The number of fused-ring (bicyclic) bond motifs is 1. The Morgan fingerprint density at radius 1 is 0.923 bits per heavy atom. The largest absolute Gasteiger partial charge is 0.305 e. The number of hydrogen-bond acceptors (Lipinski definition) is 4. The van der Waals surface area contributed by atoms with E-state index < -0.39 is 15.9 Å². The van der Waals surface area contributed by atoms with Crippen molar-refractivity contribution in [3.05, 3.63) is 99.6 Å². The molecule has 0 radical (unpaired) electrons. The minimum atomic E-state index is -3.96. The number of amides is 1. The van der Waals surface area contributed by atoms with Crippen molar-refractivity contribution in [1.82, 2.24) is 9.62 Å². The van der Waals surface area contributed by atoms with Crippen molar-refractivity contribution in [3.8, 4) is 0 Å². The Hall–Kier alpha value is -2.96. The summed E-state index contributed by atoms with van der Waals surface area (Å²) in [6.07, 6.45) is 3.24. The van der Waals surface area contributed by atoms with Gasteiger partial charge in [0.05, 0.1) is 11.3 Å². The third kappa shape index (κ3) is 6.98. The maximum absolute atomic E-state index is 13.2. The molecule has 0 saturated carbocycles. The van der Waals surface area contributed by atoms with Gasteiger partial charge < -0.3 is 4.90 Å². The number of sulfonamides is 1. The first kappa shape index (κ1) is 29.0. The smallest absolute Gasteiger partial charge is 0.264 e. The summed E-state index contributed by atoms with van der Waals surface area (Å²) in [4.78, 5) is 15.3. The molecular formula is C33H42N2O3S. The Labute approximate surface area is 234 Å². The number of nitrogens with one attached hydrogen (secondary N) is 1. The molecule has 1 aliphatic carbocycles. The van der Waals surface area contributed by atoms with E-state index in [4.69, 9.17) is 0 Å². The first-order chi connectivity index (χ1) is 18.4. The van der Waals surface area contributed by atoms with Crippen LogP contribution >= 0.6 is 0 Å². The van der Waals surface area contributed by atoms with Gasteiger partial charge in [-0.1, -0.05) is 76.2 Å². The number of hydrogen-bond donors (Lipinski definition) is 1. The minimum Gasteiger partial charge on any atom is -0.305 e. The summed E-state index contributed by atoms with van der Waals surface area (Å²) in [5.41, 5.74) is 8.43. The van der Waals surface area contributed by atoms with Crippen LogP contribution in [-0.4, -0.2) is 33.3 Å². The molecule has 1 aliphatic rings. The molecule has 39 heavy (non-hydrogen) atoms. The first-order valence-corrected chi connectivity index (χ1v) is 15.5. The van der Waals surface area contributed by atoms with Gasteiger partial charge in [0.1, 0.15) is 0 Å². The molecule has 0 aliphatic heterocycles. The van der Waals surface area contributed by atoms with Gasteiger partial charge in [0, 0.05) is 6.54 Å². The summed E-state index contributed by atoms with van der Waals surface area (Å²) >= 11 is 0. The molecule has 5 nitrogen and oxygen atoms in total. The molecule has 1 N–H and O–H groups in total. The van der Waals surface area contributed by atoms with Gasteiger partial charge in [0.2, 0.25) is 5.91 Å². The van der Waals surface area contributed by atoms with Crippen LogP contribution in [0.3, 0.4) is 0 Å². The Balaban J connectivity index is 1.59. The summed E-state index contributed by atoms with van der Waals surface area (Å²) in [5.74, 6) is 0.355. The highest BCUT2D eigenvalue weighted by Gasteiger charge is 2.26. The molecule has 0 aromatic heterocycles. The van der Waals surface area contributed by atoms with Crippen LogP contribution in [0.2, 0.25) is 0 Å². The highest BCUT2D eigenvalue weighted by atomic mass is 32.2. The van der Waals surface area contributed by atoms with Crippen LogP contribution in [-0.2, 0) is 40.6 Å². The predicted molar refractivity (Wildman–Crippen MR) is 159 cm³/mol. The Morgan fingerprint density at radius 2 is 1.51 bits per heavy atom. The molecule has 3 aromatic carbocycles. The van der Waals surface area contributed by atoms with E-state index >= 15 is 0 Å². The number of nitrogens with zero attached hydrogens (tertiary/aromatic N) is 1. The summed E-state index contributed by atoms with van der Waals surface area (Å²) in [5, 5.41) is 0. The van der Waals surface area contributed by atoms with Crippen LogP contribution in [0.1, 0.15) is 90.8 Å². The maximum atomic E-state index is 13.2. The lowest BCUT2D eigenvalue weighted by Gasteiger charge is -2.28. The average molecular weight is 547 g/mol. The monoisotopic (exact) mass is 546 g/mol. The molecule has 3 aromatic rings. The van der Waals surface area contributed by atoms with E-state index in [-0.39, 0.29) is 23.2 Å². The zero-order valence-corrected chi connectivity index (χ0v) is 24.9. The molecule has 4 rings (SSSR count). The van der Waals surface area contributed by atoms with Crippen LogP contribution < -0.4 is 4.72 Å². The third-order valence-corrected chi connectivity index (χ3v) is 9.11. The fraction of sp³-hybridized carbons (Fsp3) is 0.424. The molecule has 1 unspecified atom stereocenters.